The van der Waals surface area contributed by atoms with Gasteiger partial charge in [0.25, 0.3) is 0 Å². The van der Waals surface area contributed by atoms with Crippen molar-refractivity contribution < 1.29 is 0 Å². The molecule has 0 amide bonds. The van der Waals surface area contributed by atoms with Crippen LogP contribution in [0.2, 0.25) is 0 Å². The fraction of sp³-hybridized carbons (Fsp3) is 0.0526. The molecule has 10 aromatic rings. The molecule has 0 fully saturated rings. The second kappa shape index (κ2) is 13.9. The summed E-state index contributed by atoms with van der Waals surface area (Å²) >= 11 is 0. The van der Waals surface area contributed by atoms with Gasteiger partial charge in [0.15, 0.2) is 0 Å². The summed E-state index contributed by atoms with van der Waals surface area (Å²) in [7, 11) is 0. The molecule has 0 bridgehead atoms. The summed E-state index contributed by atoms with van der Waals surface area (Å²) < 4.78 is 0. The molecule has 2 nitrogen and oxygen atoms in total. The minimum Gasteiger partial charge on any atom is -0.317 e. The summed E-state index contributed by atoms with van der Waals surface area (Å²) in [6.45, 7) is 4.73. The van der Waals surface area contributed by atoms with E-state index in [9.17, 15) is 0 Å². The van der Waals surface area contributed by atoms with Crippen molar-refractivity contribution in [3.05, 3.63) is 229 Å². The Kier molecular flexibility index (Phi) is 8.20. The quantitative estimate of drug-likeness (QED) is 0.167. The molecule has 0 saturated carbocycles. The van der Waals surface area contributed by atoms with Crippen LogP contribution < -0.4 is 9.80 Å². The SMILES string of the molecule is CC1(C)c2ccccc2N(c2ccc3ccccc3c2)c2ccc(-c3ccc4cc(/C=C/N(c5ccc6ccccc6c5)c5ccc6ccccc6c5)ccc4c3)cc21. The predicted octanol–water partition coefficient (Wildman–Crippen LogP) is 15.9. The van der Waals surface area contributed by atoms with Crippen LogP contribution >= 0.6 is 0 Å². The van der Waals surface area contributed by atoms with Crippen molar-refractivity contribution in [3.63, 3.8) is 0 Å². The van der Waals surface area contributed by atoms with Gasteiger partial charge in [-0.05, 0) is 144 Å². The highest BCUT2D eigenvalue weighted by atomic mass is 15.2. The number of para-hydroxylation sites is 1. The molecule has 0 radical (unpaired) electrons. The monoisotopic (exact) mass is 754 g/mol. The first-order chi connectivity index (χ1) is 29.0. The highest BCUT2D eigenvalue weighted by molar-refractivity contribution is 5.95. The van der Waals surface area contributed by atoms with E-state index in [0.717, 1.165) is 16.9 Å². The first-order valence-electron chi connectivity index (χ1n) is 20.5. The summed E-state index contributed by atoms with van der Waals surface area (Å²) in [4.78, 5) is 4.74. The molecule has 1 aliphatic rings. The van der Waals surface area contributed by atoms with E-state index >= 15 is 0 Å². The van der Waals surface area contributed by atoms with Gasteiger partial charge in [-0.1, -0.05) is 153 Å². The summed E-state index contributed by atoms with van der Waals surface area (Å²) in [6.07, 6.45) is 4.43. The Morgan fingerprint density at radius 1 is 0.390 bits per heavy atom. The second-order valence-electron chi connectivity index (χ2n) is 16.3. The Labute approximate surface area is 345 Å². The third-order valence-corrected chi connectivity index (χ3v) is 12.4. The van der Waals surface area contributed by atoms with Crippen LogP contribution in [0.1, 0.15) is 30.5 Å². The van der Waals surface area contributed by atoms with Crippen LogP contribution in [0.25, 0.3) is 60.3 Å². The van der Waals surface area contributed by atoms with Gasteiger partial charge >= 0.3 is 0 Å². The smallest absolute Gasteiger partial charge is 0.0503 e. The van der Waals surface area contributed by atoms with Crippen LogP contribution in [-0.2, 0) is 5.41 Å². The van der Waals surface area contributed by atoms with Gasteiger partial charge in [-0.2, -0.15) is 0 Å². The normalized spacial score (nSPS) is 13.3. The van der Waals surface area contributed by atoms with E-state index in [0.29, 0.717) is 0 Å². The minimum atomic E-state index is -0.180. The fourth-order valence-electron chi connectivity index (χ4n) is 9.16. The maximum absolute atomic E-state index is 2.45. The number of rotatable bonds is 6. The molecule has 0 aliphatic carbocycles. The van der Waals surface area contributed by atoms with E-state index in [1.807, 2.05) is 0 Å². The predicted molar refractivity (Wildman–Crippen MR) is 253 cm³/mol. The molecule has 11 rings (SSSR count). The van der Waals surface area contributed by atoms with E-state index in [-0.39, 0.29) is 5.41 Å². The first kappa shape index (κ1) is 34.8. The molecule has 1 aliphatic heterocycles. The van der Waals surface area contributed by atoms with E-state index in [2.05, 4.69) is 242 Å². The van der Waals surface area contributed by atoms with Crippen LogP contribution in [0.15, 0.2) is 212 Å². The number of hydrogen-bond acceptors (Lipinski definition) is 2. The average molecular weight is 755 g/mol. The van der Waals surface area contributed by atoms with Gasteiger partial charge in [0, 0.05) is 28.7 Å². The van der Waals surface area contributed by atoms with Gasteiger partial charge in [-0.3, -0.25) is 0 Å². The maximum Gasteiger partial charge on any atom is 0.0503 e. The molecule has 10 aromatic carbocycles. The average Bonchev–Trinajstić information content (AvgIpc) is 3.29. The van der Waals surface area contributed by atoms with Crippen molar-refractivity contribution in [2.75, 3.05) is 9.80 Å². The van der Waals surface area contributed by atoms with Crippen molar-refractivity contribution >= 4 is 77.6 Å². The topological polar surface area (TPSA) is 6.48 Å². The third kappa shape index (κ3) is 6.13. The van der Waals surface area contributed by atoms with E-state index in [1.165, 1.54) is 82.4 Å². The first-order valence-corrected chi connectivity index (χ1v) is 20.5. The molecular formula is C57H42N2. The molecule has 0 unspecified atom stereocenters. The Bertz CT molecular complexity index is 3200. The van der Waals surface area contributed by atoms with E-state index in [1.54, 1.807) is 0 Å². The highest BCUT2D eigenvalue weighted by Crippen LogP contribution is 2.53. The van der Waals surface area contributed by atoms with Crippen LogP contribution in [0, 0.1) is 0 Å². The van der Waals surface area contributed by atoms with Gasteiger partial charge in [-0.15, -0.1) is 0 Å². The van der Waals surface area contributed by atoms with Gasteiger partial charge in [0.2, 0.25) is 0 Å². The van der Waals surface area contributed by atoms with E-state index < -0.39 is 0 Å². The lowest BCUT2D eigenvalue weighted by molar-refractivity contribution is 0.632. The van der Waals surface area contributed by atoms with Crippen molar-refractivity contribution in [1.29, 1.82) is 0 Å². The van der Waals surface area contributed by atoms with Crippen LogP contribution in [0.5, 0.6) is 0 Å². The number of benzene rings is 10. The van der Waals surface area contributed by atoms with Gasteiger partial charge in [0.1, 0.15) is 0 Å². The minimum absolute atomic E-state index is 0.180. The molecule has 59 heavy (non-hydrogen) atoms. The second-order valence-corrected chi connectivity index (χ2v) is 16.3. The zero-order valence-corrected chi connectivity index (χ0v) is 33.2. The number of anilines is 5. The summed E-state index contributed by atoms with van der Waals surface area (Å²) in [5.74, 6) is 0. The molecule has 0 atom stereocenters. The zero-order valence-electron chi connectivity index (χ0n) is 33.2. The van der Waals surface area contributed by atoms with Crippen LogP contribution in [0.3, 0.4) is 0 Å². The Morgan fingerprint density at radius 3 is 1.58 bits per heavy atom. The van der Waals surface area contributed by atoms with E-state index in [4.69, 9.17) is 0 Å². The zero-order chi connectivity index (χ0) is 39.5. The third-order valence-electron chi connectivity index (χ3n) is 12.4. The van der Waals surface area contributed by atoms with Crippen molar-refractivity contribution in [1.82, 2.24) is 0 Å². The molecule has 0 spiro atoms. The van der Waals surface area contributed by atoms with Gasteiger partial charge < -0.3 is 9.80 Å². The Hall–Kier alpha value is -7.42. The van der Waals surface area contributed by atoms with Crippen molar-refractivity contribution in [2.45, 2.75) is 19.3 Å². The lowest BCUT2D eigenvalue weighted by Gasteiger charge is -2.42. The summed E-state index contributed by atoms with van der Waals surface area (Å²) in [5.41, 5.74) is 12.0. The van der Waals surface area contributed by atoms with Crippen molar-refractivity contribution in [2.24, 2.45) is 0 Å². The molecule has 280 valence electrons. The molecule has 0 saturated heterocycles. The summed E-state index contributed by atoms with van der Waals surface area (Å²) in [5, 5.41) is 9.85. The number of nitrogens with zero attached hydrogens (tertiary/aromatic N) is 2. The molecule has 0 N–H and O–H groups in total. The lowest BCUT2D eigenvalue weighted by atomic mass is 9.73. The highest BCUT2D eigenvalue weighted by Gasteiger charge is 2.37. The number of hydrogen-bond donors (Lipinski definition) is 0. The maximum atomic E-state index is 2.45. The van der Waals surface area contributed by atoms with Crippen molar-refractivity contribution in [3.8, 4) is 11.1 Å². The standard InChI is InChI=1S/C57H42N2/c1-57(2)53-17-9-10-18-55(53)59(52-29-25-42-13-5-8-16-45(42)37-52)56-30-26-49(38-54(56)57)48-22-21-46-33-39(19-20-47(46)34-48)31-32-58(50-27-23-40-11-3-6-14-43(40)35-50)51-28-24-41-12-4-7-15-44(41)36-51/h3-38H,1-2H3/b32-31+. The summed E-state index contributed by atoms with van der Waals surface area (Å²) in [6, 6.07) is 75.5. The largest absolute Gasteiger partial charge is 0.317 e. The molecular weight excluding hydrogens is 713 g/mol. The molecule has 1 heterocycles. The Balaban J connectivity index is 0.941. The van der Waals surface area contributed by atoms with Crippen LogP contribution in [-0.4, -0.2) is 0 Å². The fourth-order valence-corrected chi connectivity index (χ4v) is 9.16. The van der Waals surface area contributed by atoms with Gasteiger partial charge in [0.05, 0.1) is 11.4 Å². The van der Waals surface area contributed by atoms with Gasteiger partial charge in [-0.25, -0.2) is 0 Å². The molecule has 0 aromatic heterocycles. The Morgan fingerprint density at radius 2 is 0.881 bits per heavy atom. The molecule has 2 heteroatoms. The lowest BCUT2D eigenvalue weighted by Crippen LogP contribution is -2.30. The number of fused-ring (bicyclic) bond motifs is 6. The van der Waals surface area contributed by atoms with Crippen LogP contribution in [0.4, 0.5) is 28.4 Å².